The molecule has 0 saturated carbocycles. The Morgan fingerprint density at radius 3 is 2.39 bits per heavy atom. The van der Waals surface area contributed by atoms with Crippen molar-refractivity contribution in [3.05, 3.63) is 57.8 Å². The van der Waals surface area contributed by atoms with Crippen LogP contribution in [0.1, 0.15) is 45.7 Å². The molecule has 0 aromatic heterocycles. The van der Waals surface area contributed by atoms with Crippen LogP contribution < -0.4 is 5.32 Å². The van der Waals surface area contributed by atoms with Gasteiger partial charge >= 0.3 is 0 Å². The minimum atomic E-state index is -0.549. The van der Waals surface area contributed by atoms with Crippen molar-refractivity contribution in [3.63, 3.8) is 0 Å². The Labute approximate surface area is 137 Å². The van der Waals surface area contributed by atoms with E-state index in [1.54, 1.807) is 19.1 Å². The summed E-state index contributed by atoms with van der Waals surface area (Å²) in [6.45, 7) is 12.8. The number of nitrogens with zero attached hydrogens (tertiary/aromatic N) is 2. The average Bonchev–Trinajstić information content (AvgIpc) is 2.62. The second-order valence-electron chi connectivity index (χ2n) is 3.68. The van der Waals surface area contributed by atoms with E-state index in [0.29, 0.717) is 11.3 Å². The van der Waals surface area contributed by atoms with Gasteiger partial charge in [0.05, 0.1) is 17.1 Å². The molecular weight excluding hydrogens is 294 g/mol. The second kappa shape index (κ2) is 13.0. The zero-order valence-electron chi connectivity index (χ0n) is 14.4. The highest BCUT2D eigenvalue weighted by atomic mass is 16.6. The first-order valence-electron chi connectivity index (χ1n) is 7.44. The number of hydrogen-bond donors (Lipinski definition) is 2. The van der Waals surface area contributed by atoms with E-state index in [1.807, 2.05) is 33.8 Å². The lowest BCUT2D eigenvalue weighted by Gasteiger charge is -2.10. The topological polar surface area (TPSA) is 99.2 Å². The van der Waals surface area contributed by atoms with Gasteiger partial charge in [-0.1, -0.05) is 40.3 Å². The fourth-order valence-corrected chi connectivity index (χ4v) is 1.56. The Kier molecular flexibility index (Phi) is 12.8. The Morgan fingerprint density at radius 2 is 2.00 bits per heavy atom. The molecule has 0 amide bonds. The molecule has 0 bridgehead atoms. The fourth-order valence-electron chi connectivity index (χ4n) is 1.56. The van der Waals surface area contributed by atoms with Crippen molar-refractivity contribution < 1.29 is 10.0 Å². The molecule has 0 saturated heterocycles. The van der Waals surface area contributed by atoms with E-state index >= 15 is 0 Å². The van der Waals surface area contributed by atoms with E-state index in [-0.39, 0.29) is 16.9 Å². The lowest BCUT2D eigenvalue weighted by molar-refractivity contribution is -0.385. The first kappa shape index (κ1) is 22.6. The maximum absolute atomic E-state index is 10.8. The van der Waals surface area contributed by atoms with Crippen molar-refractivity contribution >= 4 is 11.4 Å². The monoisotopic (exact) mass is 319 g/mol. The van der Waals surface area contributed by atoms with Gasteiger partial charge in [-0.3, -0.25) is 10.1 Å². The smallest absolute Gasteiger partial charge is 0.274 e. The van der Waals surface area contributed by atoms with E-state index in [1.165, 1.54) is 12.1 Å². The molecule has 0 heterocycles. The van der Waals surface area contributed by atoms with E-state index < -0.39 is 11.5 Å². The zero-order chi connectivity index (χ0) is 18.4. The molecule has 2 N–H and O–H groups in total. The summed E-state index contributed by atoms with van der Waals surface area (Å²) in [7, 11) is 0. The number of benzene rings is 1. The summed E-state index contributed by atoms with van der Waals surface area (Å²) in [5, 5.41) is 31.4. The summed E-state index contributed by atoms with van der Waals surface area (Å²) in [6.07, 6.45) is 1.71. The molecule has 0 radical (unpaired) electrons. The average molecular weight is 319 g/mol. The van der Waals surface area contributed by atoms with Gasteiger partial charge in [0.1, 0.15) is 11.8 Å². The van der Waals surface area contributed by atoms with Crippen LogP contribution in [0.4, 0.5) is 5.69 Å². The molecule has 0 aliphatic carbocycles. The number of nitro benzene ring substituents is 1. The Morgan fingerprint density at radius 1 is 1.43 bits per heavy atom. The number of nitro groups is 1. The molecule has 0 unspecified atom stereocenters. The van der Waals surface area contributed by atoms with Crippen molar-refractivity contribution in [1.29, 1.82) is 5.26 Å². The van der Waals surface area contributed by atoms with Crippen LogP contribution in [-0.4, -0.2) is 10.0 Å². The van der Waals surface area contributed by atoms with E-state index in [9.17, 15) is 10.1 Å². The van der Waals surface area contributed by atoms with Gasteiger partial charge in [-0.05, 0) is 24.6 Å². The molecule has 0 aliphatic rings. The Hall–Kier alpha value is -2.65. The van der Waals surface area contributed by atoms with Gasteiger partial charge in [0.25, 0.3) is 5.69 Å². The lowest BCUT2D eigenvalue weighted by atomic mass is 10.1. The molecular formula is C17H25N3O3. The number of hydrogen-bond acceptors (Lipinski definition) is 5. The van der Waals surface area contributed by atoms with Crippen molar-refractivity contribution in [2.45, 2.75) is 41.2 Å². The second-order valence-corrected chi connectivity index (χ2v) is 3.68. The minimum absolute atomic E-state index is 0.138. The molecule has 1 aromatic rings. The van der Waals surface area contributed by atoms with E-state index in [4.69, 9.17) is 10.4 Å². The van der Waals surface area contributed by atoms with E-state index in [0.717, 1.165) is 0 Å². The zero-order valence-corrected chi connectivity index (χ0v) is 14.4. The molecule has 126 valence electrons. The maximum atomic E-state index is 10.8. The highest BCUT2D eigenvalue weighted by Crippen LogP contribution is 2.23. The third kappa shape index (κ3) is 7.25. The molecule has 6 heteroatoms. The van der Waals surface area contributed by atoms with Crippen molar-refractivity contribution in [2.75, 3.05) is 0 Å². The summed E-state index contributed by atoms with van der Waals surface area (Å²) in [6, 6.07) is 6.23. The van der Waals surface area contributed by atoms with Crippen molar-refractivity contribution in [2.24, 2.45) is 0 Å². The number of nitrogens with one attached hydrogen (secondary N) is 1. The van der Waals surface area contributed by atoms with Crippen LogP contribution in [0.5, 0.6) is 0 Å². The van der Waals surface area contributed by atoms with Gasteiger partial charge in [-0.25, -0.2) is 0 Å². The minimum Gasteiger partial charge on any atom is -0.391 e. The normalized spacial score (nSPS) is 9.35. The highest BCUT2D eigenvalue weighted by Gasteiger charge is 2.14. The molecule has 0 spiro atoms. The Bertz CT molecular complexity index is 587. The van der Waals surface area contributed by atoms with Crippen LogP contribution in [0, 0.1) is 21.4 Å². The summed E-state index contributed by atoms with van der Waals surface area (Å²) < 4.78 is 0. The molecule has 0 aliphatic heterocycles. The van der Waals surface area contributed by atoms with Crippen molar-refractivity contribution in [1.82, 2.24) is 5.32 Å². The van der Waals surface area contributed by atoms with Crippen LogP contribution in [0.15, 0.2) is 36.6 Å². The van der Waals surface area contributed by atoms with Gasteiger partial charge in [0.2, 0.25) is 0 Å². The van der Waals surface area contributed by atoms with Crippen molar-refractivity contribution in [3.8, 4) is 6.07 Å². The Balaban J connectivity index is 0. The first-order chi connectivity index (χ1) is 11.0. The molecule has 6 nitrogen and oxygen atoms in total. The lowest BCUT2D eigenvalue weighted by Crippen LogP contribution is -2.10. The van der Waals surface area contributed by atoms with Crippen LogP contribution in [0.25, 0.3) is 5.70 Å². The quantitative estimate of drug-likeness (QED) is 0.483. The van der Waals surface area contributed by atoms with Gasteiger partial charge < -0.3 is 10.4 Å². The predicted octanol–water partition coefficient (Wildman–Crippen LogP) is 4.13. The number of aliphatic hydroxyl groups is 1. The molecule has 1 aromatic carbocycles. The number of rotatable bonds is 5. The van der Waals surface area contributed by atoms with Gasteiger partial charge in [-0.2, -0.15) is 5.26 Å². The summed E-state index contributed by atoms with van der Waals surface area (Å²) in [5.74, 6) is 0. The first-order valence-corrected chi connectivity index (χ1v) is 7.44. The highest BCUT2D eigenvalue weighted by molar-refractivity contribution is 5.68. The standard InChI is InChI=1S/C13H13N3O3.2C2H6/c1-3-12(15-9(2)7-14)10-4-5-13(16(18)19)11(6-10)8-17;2*1-2/h3-6,15,17H,2,8H2,1H3;2*1-2H3/b12-3-;;. The summed E-state index contributed by atoms with van der Waals surface area (Å²) >= 11 is 0. The van der Waals surface area contributed by atoms with Gasteiger partial charge in [-0.15, -0.1) is 0 Å². The van der Waals surface area contributed by atoms with Crippen LogP contribution >= 0.6 is 0 Å². The van der Waals surface area contributed by atoms with Crippen LogP contribution in [0.2, 0.25) is 0 Å². The third-order valence-corrected chi connectivity index (χ3v) is 2.47. The predicted molar refractivity (Wildman–Crippen MR) is 93.3 cm³/mol. The molecule has 0 fully saturated rings. The summed E-state index contributed by atoms with van der Waals surface area (Å²) in [5.41, 5.74) is 1.47. The van der Waals surface area contributed by atoms with Crippen LogP contribution in [0.3, 0.4) is 0 Å². The molecule has 23 heavy (non-hydrogen) atoms. The van der Waals surface area contributed by atoms with Gasteiger partial charge in [0, 0.05) is 11.8 Å². The molecule has 1 rings (SSSR count). The van der Waals surface area contributed by atoms with Gasteiger partial charge in [0.15, 0.2) is 0 Å². The number of allylic oxidation sites excluding steroid dienone is 2. The van der Waals surface area contributed by atoms with E-state index in [2.05, 4.69) is 11.9 Å². The number of nitriles is 1. The maximum Gasteiger partial charge on any atom is 0.274 e. The van der Waals surface area contributed by atoms with Crippen LogP contribution in [-0.2, 0) is 6.61 Å². The number of aliphatic hydroxyl groups excluding tert-OH is 1. The fraction of sp³-hybridized carbons (Fsp3) is 0.353. The summed E-state index contributed by atoms with van der Waals surface area (Å²) in [4.78, 5) is 10.2. The SMILES string of the molecule is C=C(C#N)N/C(=C\C)c1ccc([N+](=O)[O-])c(CO)c1.CC.CC. The third-order valence-electron chi connectivity index (χ3n) is 2.47. The largest absolute Gasteiger partial charge is 0.391 e. The molecule has 0 atom stereocenters.